The van der Waals surface area contributed by atoms with E-state index in [1.807, 2.05) is 0 Å². The molecule has 3 fully saturated rings. The molecule has 0 bridgehead atoms. The van der Waals surface area contributed by atoms with Gasteiger partial charge in [-0.3, -0.25) is 4.79 Å². The van der Waals surface area contributed by atoms with Crippen molar-refractivity contribution in [2.24, 2.45) is 0 Å². The van der Waals surface area contributed by atoms with Crippen LogP contribution in [0.2, 0.25) is 0 Å². The van der Waals surface area contributed by atoms with Gasteiger partial charge in [0, 0.05) is 17.3 Å². The summed E-state index contributed by atoms with van der Waals surface area (Å²) in [5, 5.41) is 0. The van der Waals surface area contributed by atoms with E-state index in [4.69, 9.17) is 9.31 Å². The van der Waals surface area contributed by atoms with Crippen molar-refractivity contribution in [3.8, 4) is 0 Å². The average molecular weight is 438 g/mol. The van der Waals surface area contributed by atoms with Crippen LogP contribution in [0.5, 0.6) is 0 Å². The quantitative estimate of drug-likeness (QED) is 0.669. The summed E-state index contributed by atoms with van der Waals surface area (Å²) < 4.78 is 12.6. The Bertz CT molecular complexity index is 913. The van der Waals surface area contributed by atoms with Crippen molar-refractivity contribution in [3.05, 3.63) is 23.8 Å². The maximum atomic E-state index is 13.7. The molecule has 5 nitrogen and oxygen atoms in total. The molecule has 32 heavy (non-hydrogen) atoms. The van der Waals surface area contributed by atoms with Gasteiger partial charge in [-0.25, -0.2) is 0 Å². The van der Waals surface area contributed by atoms with Crippen LogP contribution in [-0.2, 0) is 19.5 Å². The number of rotatable bonds is 3. The number of hydrogen-bond acceptors (Lipinski definition) is 4. The topological polar surface area (TPSA) is 42.0 Å². The Hall–Kier alpha value is -1.37. The van der Waals surface area contributed by atoms with Gasteiger partial charge < -0.3 is 19.1 Å². The molecule has 0 radical (unpaired) electrons. The fourth-order valence-corrected chi connectivity index (χ4v) is 6.11. The first-order valence-electron chi connectivity index (χ1n) is 12.4. The van der Waals surface area contributed by atoms with Crippen LogP contribution in [0.3, 0.4) is 0 Å². The van der Waals surface area contributed by atoms with Crippen LogP contribution in [0.15, 0.2) is 18.2 Å². The molecule has 2 saturated heterocycles. The van der Waals surface area contributed by atoms with E-state index in [2.05, 4.69) is 76.5 Å². The number of piperidine rings is 1. The van der Waals surface area contributed by atoms with Crippen molar-refractivity contribution in [1.29, 1.82) is 0 Å². The molecule has 4 aliphatic rings. The molecule has 0 atom stereocenters. The molecule has 3 heterocycles. The molecule has 0 spiro atoms. The smallest absolute Gasteiger partial charge is 0.399 e. The highest BCUT2D eigenvalue weighted by molar-refractivity contribution is 6.62. The monoisotopic (exact) mass is 438 g/mol. The van der Waals surface area contributed by atoms with Crippen molar-refractivity contribution >= 4 is 24.2 Å². The van der Waals surface area contributed by atoms with Gasteiger partial charge in [0.2, 0.25) is 5.91 Å². The van der Waals surface area contributed by atoms with Gasteiger partial charge in [-0.05, 0) is 104 Å². The third-order valence-electron chi connectivity index (χ3n) is 9.00. The second-order valence-electron chi connectivity index (χ2n) is 12.3. The summed E-state index contributed by atoms with van der Waals surface area (Å²) >= 11 is 0. The van der Waals surface area contributed by atoms with Crippen molar-refractivity contribution in [2.75, 3.05) is 18.0 Å². The van der Waals surface area contributed by atoms with Crippen LogP contribution in [-0.4, -0.2) is 53.8 Å². The number of hydrogen-bond donors (Lipinski definition) is 0. The van der Waals surface area contributed by atoms with Gasteiger partial charge in [0.05, 0.1) is 16.6 Å². The second-order valence-corrected chi connectivity index (χ2v) is 12.3. The summed E-state index contributed by atoms with van der Waals surface area (Å²) in [6, 6.07) is 6.96. The number of benzene rings is 1. The number of carbonyl (C=O) groups excluding carboxylic acids is 1. The van der Waals surface area contributed by atoms with Crippen LogP contribution < -0.4 is 10.4 Å². The molecule has 6 heteroatoms. The summed E-state index contributed by atoms with van der Waals surface area (Å²) in [4.78, 5) is 18.5. The molecule has 1 aromatic carbocycles. The number of carbonyl (C=O) groups is 1. The van der Waals surface area contributed by atoms with Gasteiger partial charge in [-0.15, -0.1) is 0 Å². The van der Waals surface area contributed by atoms with E-state index in [0.29, 0.717) is 6.04 Å². The Labute approximate surface area is 194 Å². The maximum absolute atomic E-state index is 13.7. The van der Waals surface area contributed by atoms with Crippen molar-refractivity contribution in [1.82, 2.24) is 4.90 Å². The summed E-state index contributed by atoms with van der Waals surface area (Å²) in [6.07, 6.45) is 6.07. The van der Waals surface area contributed by atoms with Crippen LogP contribution in [0.4, 0.5) is 5.69 Å². The third kappa shape index (κ3) is 3.20. The Morgan fingerprint density at radius 1 is 0.906 bits per heavy atom. The first kappa shape index (κ1) is 22.4. The minimum absolute atomic E-state index is 0.129. The Morgan fingerprint density at radius 2 is 1.50 bits per heavy atom. The zero-order valence-corrected chi connectivity index (χ0v) is 21.0. The third-order valence-corrected chi connectivity index (χ3v) is 9.00. The first-order valence-corrected chi connectivity index (χ1v) is 12.4. The molecule has 1 aromatic rings. The van der Waals surface area contributed by atoms with Gasteiger partial charge in [-0.1, -0.05) is 18.6 Å². The molecule has 174 valence electrons. The number of amides is 1. The maximum Gasteiger partial charge on any atom is 0.494 e. The SMILES string of the molecule is CC1(C)C(=O)N([C@]2(C)C[C@H](N3CCCCC3)C2)c2cc(B3OC(C)(C)C(C)(C)O3)ccc21. The van der Waals surface area contributed by atoms with Crippen molar-refractivity contribution in [3.63, 3.8) is 0 Å². The van der Waals surface area contributed by atoms with E-state index in [9.17, 15) is 4.79 Å². The number of likely N-dealkylation sites (tertiary alicyclic amines) is 1. The second kappa shape index (κ2) is 7.07. The zero-order chi connectivity index (χ0) is 23.1. The summed E-state index contributed by atoms with van der Waals surface area (Å²) in [5.74, 6) is 0.221. The average Bonchev–Trinajstić information content (AvgIpc) is 3.05. The zero-order valence-electron chi connectivity index (χ0n) is 21.0. The van der Waals surface area contributed by atoms with Gasteiger partial charge >= 0.3 is 7.12 Å². The fraction of sp³-hybridized carbons (Fsp3) is 0.731. The molecule has 0 aromatic heterocycles. The highest BCUT2D eigenvalue weighted by Crippen LogP contribution is 2.51. The Morgan fingerprint density at radius 3 is 2.09 bits per heavy atom. The van der Waals surface area contributed by atoms with E-state index in [0.717, 1.165) is 29.6 Å². The highest BCUT2D eigenvalue weighted by atomic mass is 16.7. The largest absolute Gasteiger partial charge is 0.494 e. The van der Waals surface area contributed by atoms with Gasteiger partial charge in [0.1, 0.15) is 0 Å². The van der Waals surface area contributed by atoms with Gasteiger partial charge in [-0.2, -0.15) is 0 Å². The molecule has 5 rings (SSSR count). The molecular formula is C26H39BN2O3. The molecule has 1 amide bonds. The highest BCUT2D eigenvalue weighted by Gasteiger charge is 2.57. The summed E-state index contributed by atoms with van der Waals surface area (Å²) in [7, 11) is -0.416. The van der Waals surface area contributed by atoms with E-state index in [1.54, 1.807) is 0 Å². The predicted octanol–water partition coefficient (Wildman–Crippen LogP) is 4.02. The standard InChI is InChI=1S/C26H39BN2O3/c1-23(2)20-12-11-18(27-31-24(3,4)25(5,6)32-27)15-21(20)29(22(23)30)26(7)16-19(17-26)28-13-9-8-10-14-28/h11-12,15,19H,8-10,13-14,16-17H2,1-7H3/t19-,26+. The first-order chi connectivity index (χ1) is 14.9. The minimum atomic E-state index is -0.511. The summed E-state index contributed by atoms with van der Waals surface area (Å²) in [6.45, 7) is 17.1. The predicted molar refractivity (Wildman–Crippen MR) is 130 cm³/mol. The normalized spacial score (nSPS) is 33.3. The molecule has 1 aliphatic carbocycles. The van der Waals surface area contributed by atoms with E-state index in [-0.39, 0.29) is 22.6 Å². The lowest BCUT2D eigenvalue weighted by molar-refractivity contribution is -0.124. The minimum Gasteiger partial charge on any atom is -0.399 e. The fourth-order valence-electron chi connectivity index (χ4n) is 6.11. The molecule has 1 saturated carbocycles. The van der Waals surface area contributed by atoms with E-state index < -0.39 is 12.5 Å². The van der Waals surface area contributed by atoms with Crippen molar-refractivity contribution in [2.45, 2.75) is 109 Å². The number of fused-ring (bicyclic) bond motifs is 1. The molecule has 3 aliphatic heterocycles. The Kier molecular flexibility index (Phi) is 4.95. The lowest BCUT2D eigenvalue weighted by Crippen LogP contribution is -2.64. The van der Waals surface area contributed by atoms with E-state index >= 15 is 0 Å². The number of anilines is 1. The van der Waals surface area contributed by atoms with Gasteiger partial charge in [0.25, 0.3) is 0 Å². The van der Waals surface area contributed by atoms with Crippen LogP contribution in [0.1, 0.15) is 86.1 Å². The molecular weight excluding hydrogens is 399 g/mol. The Balaban J connectivity index is 1.44. The summed E-state index contributed by atoms with van der Waals surface area (Å²) in [5.41, 5.74) is 1.75. The van der Waals surface area contributed by atoms with Crippen molar-refractivity contribution < 1.29 is 14.1 Å². The molecule has 0 unspecified atom stereocenters. The van der Waals surface area contributed by atoms with Gasteiger partial charge in [0.15, 0.2) is 0 Å². The molecule has 0 N–H and O–H groups in total. The lowest BCUT2D eigenvalue weighted by atomic mass is 9.71. The van der Waals surface area contributed by atoms with Crippen LogP contribution in [0.25, 0.3) is 0 Å². The number of nitrogens with zero attached hydrogens (tertiary/aromatic N) is 2. The van der Waals surface area contributed by atoms with Crippen LogP contribution >= 0.6 is 0 Å². The lowest BCUT2D eigenvalue weighted by Gasteiger charge is -2.55. The van der Waals surface area contributed by atoms with Crippen LogP contribution in [0, 0.1) is 0 Å². The van der Waals surface area contributed by atoms with E-state index in [1.165, 1.54) is 32.4 Å².